The molecule has 0 saturated heterocycles. The summed E-state index contributed by atoms with van der Waals surface area (Å²) >= 11 is 0. The Kier molecular flexibility index (Phi) is 8.51. The van der Waals surface area contributed by atoms with E-state index >= 15 is 0 Å². The quantitative estimate of drug-likeness (QED) is 0.187. The number of ether oxygens (including phenoxy) is 1. The third-order valence-corrected chi connectivity index (χ3v) is 7.92. The highest BCUT2D eigenvalue weighted by molar-refractivity contribution is 6.08. The molecule has 224 valence electrons. The van der Waals surface area contributed by atoms with Crippen LogP contribution in [0.4, 0.5) is 5.69 Å². The maximum absolute atomic E-state index is 13.6. The number of amides is 2. The van der Waals surface area contributed by atoms with Crippen LogP contribution in [-0.2, 0) is 22.5 Å². The molecule has 0 radical (unpaired) electrons. The number of nitrogens with one attached hydrogen (secondary N) is 2. The third kappa shape index (κ3) is 6.68. The second-order valence-electron chi connectivity index (χ2n) is 11.2. The van der Waals surface area contributed by atoms with E-state index in [1.54, 1.807) is 24.3 Å². The van der Waals surface area contributed by atoms with E-state index in [4.69, 9.17) is 9.72 Å². The molecule has 2 N–H and O–H groups in total. The van der Waals surface area contributed by atoms with Gasteiger partial charge in [0, 0.05) is 11.9 Å². The Morgan fingerprint density at radius 1 is 0.822 bits per heavy atom. The van der Waals surface area contributed by atoms with Gasteiger partial charge < -0.3 is 15.4 Å². The fourth-order valence-electron chi connectivity index (χ4n) is 5.54. The van der Waals surface area contributed by atoms with Crippen molar-refractivity contribution in [2.24, 2.45) is 0 Å². The van der Waals surface area contributed by atoms with E-state index in [-0.39, 0.29) is 5.91 Å². The second kappa shape index (κ2) is 13.0. The van der Waals surface area contributed by atoms with Crippen molar-refractivity contribution >= 4 is 46.0 Å². The maximum Gasteiger partial charge on any atom is 0.339 e. The molecule has 0 saturated carbocycles. The average molecular weight is 596 g/mol. The minimum Gasteiger partial charge on any atom is -0.452 e. The molecule has 0 aliphatic heterocycles. The first-order valence-electron chi connectivity index (χ1n) is 14.9. The van der Waals surface area contributed by atoms with Crippen LogP contribution in [0, 0.1) is 13.8 Å². The van der Waals surface area contributed by atoms with E-state index in [0.717, 1.165) is 39.9 Å². The number of fused-ring (bicyclic) bond motifs is 2. The van der Waals surface area contributed by atoms with Crippen LogP contribution >= 0.6 is 0 Å². The highest BCUT2D eigenvalue weighted by Crippen LogP contribution is 2.37. The molecule has 45 heavy (non-hydrogen) atoms. The third-order valence-electron chi connectivity index (χ3n) is 7.92. The molecule has 4 aromatic carbocycles. The molecule has 6 rings (SSSR count). The van der Waals surface area contributed by atoms with Crippen LogP contribution in [0.2, 0.25) is 0 Å². The van der Waals surface area contributed by atoms with Crippen LogP contribution in [0.1, 0.15) is 60.6 Å². The number of nitrogens with zero attached hydrogens (tertiary/aromatic N) is 1. The summed E-state index contributed by atoms with van der Waals surface area (Å²) in [6.45, 7) is 3.91. The lowest BCUT2D eigenvalue weighted by molar-refractivity contribution is -0.119. The fraction of sp³-hybridized carbons (Fsp3) is 0.158. The number of pyridine rings is 1. The molecule has 0 unspecified atom stereocenters. The number of carbonyl (C=O) groups is 3. The zero-order valence-corrected chi connectivity index (χ0v) is 25.2. The van der Waals surface area contributed by atoms with Gasteiger partial charge >= 0.3 is 5.97 Å². The Hall–Kier alpha value is -5.56. The zero-order valence-electron chi connectivity index (χ0n) is 25.2. The molecule has 7 heteroatoms. The average Bonchev–Trinajstić information content (AvgIpc) is 3.45. The van der Waals surface area contributed by atoms with Gasteiger partial charge in [-0.3, -0.25) is 9.59 Å². The molecular formula is C38H33N3O4. The number of esters is 1. The van der Waals surface area contributed by atoms with Crippen molar-refractivity contribution in [3.8, 4) is 0 Å². The number of aromatic nitrogens is 1. The maximum atomic E-state index is 13.6. The first-order valence-corrected chi connectivity index (χ1v) is 14.9. The lowest BCUT2D eigenvalue weighted by Crippen LogP contribution is -2.26. The number of hydrogen-bond donors (Lipinski definition) is 2. The number of carbonyl (C=O) groups excluding carboxylic acids is 3. The number of aryl methyl sites for hydroxylation is 2. The Bertz CT molecular complexity index is 1940. The standard InChI is InChI=1S/C38H33N3O4/c1-24-11-15-26(16-12-24)21-28-19-20-31-35(29-7-3-5-9-32(29)41-36(28)31)38(44)45-23-34(42)40-33-10-6-4-8-30(33)37(43)39-22-27-17-13-25(2)14-18-27/h3-18,21H,19-20,22-23H2,1-2H3,(H,39,43)(H,40,42). The normalized spacial score (nSPS) is 13.0. The molecule has 0 spiro atoms. The summed E-state index contributed by atoms with van der Waals surface area (Å²) in [6, 6.07) is 30.4. The SMILES string of the molecule is Cc1ccc(C=C2CCc3c2nc2ccccc2c3C(=O)OCC(=O)Nc2ccccc2C(=O)NCc2ccc(C)cc2)cc1. The highest BCUT2D eigenvalue weighted by atomic mass is 16.5. The van der Waals surface area contributed by atoms with Gasteiger partial charge in [-0.1, -0.05) is 90.0 Å². The first kappa shape index (κ1) is 29.5. The van der Waals surface area contributed by atoms with Gasteiger partial charge in [0.2, 0.25) is 0 Å². The molecule has 1 aliphatic carbocycles. The Morgan fingerprint density at radius 3 is 2.29 bits per heavy atom. The molecule has 1 aliphatic rings. The van der Waals surface area contributed by atoms with E-state index < -0.39 is 18.5 Å². The van der Waals surface area contributed by atoms with Crippen LogP contribution in [0.15, 0.2) is 97.1 Å². The number of benzene rings is 4. The van der Waals surface area contributed by atoms with Crippen molar-refractivity contribution in [3.63, 3.8) is 0 Å². The first-order chi connectivity index (χ1) is 21.9. The molecule has 7 nitrogen and oxygen atoms in total. The van der Waals surface area contributed by atoms with Crippen molar-refractivity contribution in [3.05, 3.63) is 142 Å². The van der Waals surface area contributed by atoms with Crippen molar-refractivity contribution in [2.45, 2.75) is 33.2 Å². The van der Waals surface area contributed by atoms with Gasteiger partial charge in [0.15, 0.2) is 6.61 Å². The lowest BCUT2D eigenvalue weighted by Gasteiger charge is -2.14. The van der Waals surface area contributed by atoms with E-state index in [1.165, 1.54) is 5.56 Å². The lowest BCUT2D eigenvalue weighted by atomic mass is 10.0. The van der Waals surface area contributed by atoms with Gasteiger partial charge in [-0.05, 0) is 73.2 Å². The summed E-state index contributed by atoms with van der Waals surface area (Å²) in [7, 11) is 0. The number of para-hydroxylation sites is 2. The van der Waals surface area contributed by atoms with Crippen LogP contribution in [0.5, 0.6) is 0 Å². The smallest absolute Gasteiger partial charge is 0.339 e. The minimum absolute atomic E-state index is 0.315. The number of hydrogen-bond acceptors (Lipinski definition) is 5. The van der Waals surface area contributed by atoms with Gasteiger partial charge in [0.1, 0.15) is 0 Å². The van der Waals surface area contributed by atoms with Crippen molar-refractivity contribution in [2.75, 3.05) is 11.9 Å². The minimum atomic E-state index is -0.583. The van der Waals surface area contributed by atoms with E-state index in [1.807, 2.05) is 55.5 Å². The molecule has 1 heterocycles. The van der Waals surface area contributed by atoms with Gasteiger partial charge in [-0.15, -0.1) is 0 Å². The summed E-state index contributed by atoms with van der Waals surface area (Å²) in [5, 5.41) is 6.32. The summed E-state index contributed by atoms with van der Waals surface area (Å²) in [5.41, 5.74) is 8.82. The summed E-state index contributed by atoms with van der Waals surface area (Å²) in [5.74, 6) is -1.45. The van der Waals surface area contributed by atoms with Crippen LogP contribution in [0.3, 0.4) is 0 Å². The van der Waals surface area contributed by atoms with Crippen molar-refractivity contribution in [1.82, 2.24) is 10.3 Å². The molecule has 2 amide bonds. The summed E-state index contributed by atoms with van der Waals surface area (Å²) in [4.78, 5) is 44.4. The number of anilines is 1. The van der Waals surface area contributed by atoms with Gasteiger partial charge in [-0.25, -0.2) is 9.78 Å². The highest BCUT2D eigenvalue weighted by Gasteiger charge is 2.28. The van der Waals surface area contributed by atoms with E-state index in [2.05, 4.69) is 47.9 Å². The predicted molar refractivity (Wildman–Crippen MR) is 177 cm³/mol. The second-order valence-corrected chi connectivity index (χ2v) is 11.2. The van der Waals surface area contributed by atoms with Crippen LogP contribution < -0.4 is 10.6 Å². The molecule has 5 aromatic rings. The number of allylic oxidation sites excluding steroid dienone is 1. The van der Waals surface area contributed by atoms with Crippen LogP contribution in [-0.4, -0.2) is 29.4 Å². The topological polar surface area (TPSA) is 97.4 Å². The van der Waals surface area contributed by atoms with Gasteiger partial charge in [0.05, 0.1) is 28.0 Å². The molecule has 1 aromatic heterocycles. The monoisotopic (exact) mass is 595 g/mol. The van der Waals surface area contributed by atoms with Crippen molar-refractivity contribution in [1.29, 1.82) is 0 Å². The predicted octanol–water partition coefficient (Wildman–Crippen LogP) is 7.06. The van der Waals surface area contributed by atoms with Gasteiger partial charge in [0.25, 0.3) is 11.8 Å². The van der Waals surface area contributed by atoms with Gasteiger partial charge in [-0.2, -0.15) is 0 Å². The van der Waals surface area contributed by atoms with Crippen LogP contribution in [0.25, 0.3) is 22.6 Å². The Morgan fingerprint density at radius 2 is 1.51 bits per heavy atom. The summed E-state index contributed by atoms with van der Waals surface area (Å²) in [6.07, 6.45) is 3.51. The Balaban J connectivity index is 1.17. The van der Waals surface area contributed by atoms with E-state index in [9.17, 15) is 14.4 Å². The van der Waals surface area contributed by atoms with E-state index in [0.29, 0.717) is 40.7 Å². The Labute approximate surface area is 262 Å². The summed E-state index contributed by atoms with van der Waals surface area (Å²) < 4.78 is 5.58. The molecule has 0 fully saturated rings. The fourth-order valence-corrected chi connectivity index (χ4v) is 5.54. The molecule has 0 bridgehead atoms. The molecular weight excluding hydrogens is 562 g/mol. The number of rotatable bonds is 8. The zero-order chi connectivity index (χ0) is 31.3. The largest absolute Gasteiger partial charge is 0.452 e. The van der Waals surface area contributed by atoms with Crippen molar-refractivity contribution < 1.29 is 19.1 Å². The molecule has 0 atom stereocenters.